The molecular weight excluding hydrogens is 442 g/mol. The van der Waals surface area contributed by atoms with Crippen LogP contribution < -0.4 is 5.32 Å². The average Bonchev–Trinajstić information content (AvgIpc) is 3.18. The third kappa shape index (κ3) is 5.33. The van der Waals surface area contributed by atoms with Crippen LogP contribution in [0.25, 0.3) is 10.9 Å². The number of carbonyl (C=O) groups excluding carboxylic acids is 2. The Bertz CT molecular complexity index is 1260. The largest absolute Gasteiger partial charge is 0.457 e. The second-order valence-electron chi connectivity index (χ2n) is 7.09. The van der Waals surface area contributed by atoms with Crippen LogP contribution in [0.5, 0.6) is 0 Å². The maximum absolute atomic E-state index is 12.7. The predicted molar refractivity (Wildman–Crippen MR) is 128 cm³/mol. The van der Waals surface area contributed by atoms with Gasteiger partial charge in [0.1, 0.15) is 11.5 Å². The lowest BCUT2D eigenvalue weighted by atomic mass is 10.2. The Morgan fingerprint density at radius 2 is 1.78 bits per heavy atom. The Morgan fingerprint density at radius 1 is 1.03 bits per heavy atom. The molecule has 32 heavy (non-hydrogen) atoms. The number of amides is 1. The van der Waals surface area contributed by atoms with E-state index in [1.54, 1.807) is 6.92 Å². The number of nitrogens with zero attached hydrogens (tertiary/aromatic N) is 2. The lowest BCUT2D eigenvalue weighted by molar-refractivity contribution is -0.115. The molecule has 0 radical (unpaired) electrons. The summed E-state index contributed by atoms with van der Waals surface area (Å²) in [5.41, 5.74) is 2.32. The summed E-state index contributed by atoms with van der Waals surface area (Å²) in [5.74, 6) is -0.657. The van der Waals surface area contributed by atoms with Gasteiger partial charge in [-0.1, -0.05) is 77.7 Å². The second kappa shape index (κ2) is 9.93. The van der Waals surface area contributed by atoms with Crippen LogP contribution in [0.1, 0.15) is 27.9 Å². The number of hydrogen-bond donors (Lipinski definition) is 1. The number of esters is 1. The number of nitrogens with one attached hydrogen (secondary N) is 1. The highest BCUT2D eigenvalue weighted by Crippen LogP contribution is 2.27. The fourth-order valence-electron chi connectivity index (χ4n) is 2.98. The number of anilines is 1. The number of carbonyl (C=O) groups is 2. The monoisotopic (exact) mass is 463 g/mol. The smallest absolute Gasteiger partial charge is 0.350 e. The number of para-hydroxylation sites is 1. The zero-order valence-corrected chi connectivity index (χ0v) is 19.2. The van der Waals surface area contributed by atoms with Crippen LogP contribution in [0.2, 0.25) is 0 Å². The van der Waals surface area contributed by atoms with Crippen LogP contribution >= 0.6 is 23.1 Å². The zero-order valence-electron chi connectivity index (χ0n) is 17.6. The number of hydrogen-bond acceptors (Lipinski definition) is 7. The molecule has 0 fully saturated rings. The van der Waals surface area contributed by atoms with E-state index in [1.807, 2.05) is 73.7 Å². The van der Waals surface area contributed by atoms with Crippen molar-refractivity contribution in [2.45, 2.75) is 30.7 Å². The van der Waals surface area contributed by atoms with Gasteiger partial charge in [0.15, 0.2) is 5.13 Å². The van der Waals surface area contributed by atoms with E-state index in [1.165, 1.54) is 11.8 Å². The van der Waals surface area contributed by atoms with Crippen molar-refractivity contribution in [3.8, 4) is 0 Å². The number of ether oxygens (including phenoxy) is 1. The molecule has 4 aromatic rings. The molecule has 1 unspecified atom stereocenters. The average molecular weight is 464 g/mol. The van der Waals surface area contributed by atoms with E-state index in [9.17, 15) is 9.59 Å². The Balaban J connectivity index is 1.36. The summed E-state index contributed by atoms with van der Waals surface area (Å²) in [7, 11) is 0. The molecule has 0 spiro atoms. The SMILES string of the molecule is Cc1nc(NC(=O)C(C)Sc2ccc3ccccc3n2)sc1C(=O)OCc1ccccc1. The molecule has 1 N–H and O–H groups in total. The number of thiazole rings is 1. The van der Waals surface area contributed by atoms with Crippen molar-refractivity contribution in [1.82, 2.24) is 9.97 Å². The Hall–Kier alpha value is -3.23. The van der Waals surface area contributed by atoms with E-state index in [2.05, 4.69) is 15.3 Å². The minimum Gasteiger partial charge on any atom is -0.457 e. The van der Waals surface area contributed by atoms with Gasteiger partial charge in [-0.2, -0.15) is 0 Å². The van der Waals surface area contributed by atoms with Crippen molar-refractivity contribution in [2.24, 2.45) is 0 Å². The Labute approximate surface area is 194 Å². The molecule has 4 rings (SSSR count). The highest BCUT2D eigenvalue weighted by Gasteiger charge is 2.21. The van der Waals surface area contributed by atoms with Gasteiger partial charge in [0.05, 0.1) is 21.5 Å². The number of aryl methyl sites for hydroxylation is 1. The molecule has 162 valence electrons. The van der Waals surface area contributed by atoms with Gasteiger partial charge in [0, 0.05) is 5.39 Å². The van der Waals surface area contributed by atoms with Gasteiger partial charge in [-0.05, 0) is 31.5 Å². The van der Waals surface area contributed by atoms with Gasteiger partial charge in [0.2, 0.25) is 5.91 Å². The number of thioether (sulfide) groups is 1. The quantitative estimate of drug-likeness (QED) is 0.289. The topological polar surface area (TPSA) is 81.2 Å². The molecule has 1 amide bonds. The first-order chi connectivity index (χ1) is 15.5. The fourth-order valence-corrected chi connectivity index (χ4v) is 4.67. The van der Waals surface area contributed by atoms with Crippen LogP contribution in [0.4, 0.5) is 5.13 Å². The lowest BCUT2D eigenvalue weighted by Crippen LogP contribution is -2.22. The molecule has 6 nitrogen and oxygen atoms in total. The fraction of sp³-hybridized carbons (Fsp3) is 0.167. The van der Waals surface area contributed by atoms with E-state index in [0.29, 0.717) is 15.7 Å². The van der Waals surface area contributed by atoms with Crippen molar-refractivity contribution < 1.29 is 14.3 Å². The first-order valence-electron chi connectivity index (χ1n) is 10.0. The molecule has 2 aromatic heterocycles. The molecular formula is C24H21N3O3S2. The highest BCUT2D eigenvalue weighted by molar-refractivity contribution is 8.00. The van der Waals surface area contributed by atoms with Crippen molar-refractivity contribution in [1.29, 1.82) is 0 Å². The molecule has 0 aliphatic heterocycles. The molecule has 8 heteroatoms. The first-order valence-corrected chi connectivity index (χ1v) is 11.7. The van der Waals surface area contributed by atoms with Crippen molar-refractivity contribution in [2.75, 3.05) is 5.32 Å². The number of fused-ring (bicyclic) bond motifs is 1. The molecule has 0 aliphatic carbocycles. The highest BCUT2D eigenvalue weighted by atomic mass is 32.2. The van der Waals surface area contributed by atoms with E-state index in [4.69, 9.17) is 4.74 Å². The summed E-state index contributed by atoms with van der Waals surface area (Å²) >= 11 is 2.49. The lowest BCUT2D eigenvalue weighted by Gasteiger charge is -2.10. The second-order valence-corrected chi connectivity index (χ2v) is 9.45. The van der Waals surface area contributed by atoms with Gasteiger partial charge in [0.25, 0.3) is 0 Å². The summed E-state index contributed by atoms with van der Waals surface area (Å²) in [6.45, 7) is 3.72. The number of rotatable bonds is 7. The summed E-state index contributed by atoms with van der Waals surface area (Å²) < 4.78 is 5.38. The normalized spacial score (nSPS) is 11.8. The number of benzene rings is 2. The van der Waals surface area contributed by atoms with Crippen LogP contribution in [-0.2, 0) is 16.1 Å². The summed E-state index contributed by atoms with van der Waals surface area (Å²) in [5, 5.41) is 4.61. The van der Waals surface area contributed by atoms with E-state index in [0.717, 1.165) is 32.8 Å². The van der Waals surface area contributed by atoms with E-state index < -0.39 is 5.97 Å². The molecule has 0 aliphatic rings. The zero-order chi connectivity index (χ0) is 22.5. The maximum Gasteiger partial charge on any atom is 0.350 e. The van der Waals surface area contributed by atoms with Crippen LogP contribution in [0.3, 0.4) is 0 Å². The van der Waals surface area contributed by atoms with Crippen molar-refractivity contribution >= 4 is 51.0 Å². The van der Waals surface area contributed by atoms with Gasteiger partial charge in [-0.15, -0.1) is 0 Å². The van der Waals surface area contributed by atoms with E-state index >= 15 is 0 Å². The standard InChI is InChI=1S/C24H21N3O3S2/c1-15-21(23(29)30-14-17-8-4-3-5-9-17)32-24(25-15)27-22(28)16(2)31-20-13-12-18-10-6-7-11-19(18)26-20/h3-13,16H,14H2,1-2H3,(H,25,27,28). The van der Waals surface area contributed by atoms with Gasteiger partial charge >= 0.3 is 5.97 Å². The molecule has 0 saturated heterocycles. The number of aromatic nitrogens is 2. The molecule has 0 saturated carbocycles. The Kier molecular flexibility index (Phi) is 6.82. The van der Waals surface area contributed by atoms with Crippen molar-refractivity contribution in [3.05, 3.63) is 82.9 Å². The maximum atomic E-state index is 12.7. The van der Waals surface area contributed by atoms with Gasteiger partial charge < -0.3 is 10.1 Å². The third-order valence-electron chi connectivity index (χ3n) is 4.66. The summed E-state index contributed by atoms with van der Waals surface area (Å²) in [6, 6.07) is 21.2. The summed E-state index contributed by atoms with van der Waals surface area (Å²) in [6.07, 6.45) is 0. The van der Waals surface area contributed by atoms with Gasteiger partial charge in [-0.3, -0.25) is 4.79 Å². The van der Waals surface area contributed by atoms with Crippen LogP contribution in [0.15, 0.2) is 71.8 Å². The minimum absolute atomic E-state index is 0.186. The predicted octanol–water partition coefficient (Wildman–Crippen LogP) is 5.48. The van der Waals surface area contributed by atoms with Gasteiger partial charge in [-0.25, -0.2) is 14.8 Å². The van der Waals surface area contributed by atoms with Crippen LogP contribution in [0, 0.1) is 6.92 Å². The third-order valence-corrected chi connectivity index (χ3v) is 6.75. The molecule has 2 heterocycles. The van der Waals surface area contributed by atoms with Crippen LogP contribution in [-0.4, -0.2) is 27.1 Å². The molecule has 2 aromatic carbocycles. The first kappa shape index (κ1) is 22.0. The Morgan fingerprint density at radius 3 is 2.59 bits per heavy atom. The minimum atomic E-state index is -0.452. The summed E-state index contributed by atoms with van der Waals surface area (Å²) in [4.78, 5) is 34.4. The molecule has 1 atom stereocenters. The van der Waals surface area contributed by atoms with Crippen molar-refractivity contribution in [3.63, 3.8) is 0 Å². The van der Waals surface area contributed by atoms with E-state index in [-0.39, 0.29) is 17.8 Å². The molecule has 0 bridgehead atoms. The number of pyridine rings is 1.